The third kappa shape index (κ3) is 2.68. The molecule has 6 nitrogen and oxygen atoms in total. The number of imide groups is 1. The third-order valence-corrected chi connectivity index (χ3v) is 8.00. The van der Waals surface area contributed by atoms with Crippen LogP contribution in [0, 0.1) is 17.8 Å². The number of benzene rings is 3. The fourth-order valence-electron chi connectivity index (χ4n) is 6.13. The van der Waals surface area contributed by atoms with Crippen LogP contribution in [0.4, 0.5) is 11.4 Å². The predicted octanol–water partition coefficient (Wildman–Crippen LogP) is 4.25. The molecule has 4 heterocycles. The van der Waals surface area contributed by atoms with Crippen LogP contribution < -0.4 is 9.91 Å². The quantitative estimate of drug-likeness (QED) is 0.491. The number of hydrazone groups is 1. The normalized spacial score (nSPS) is 31.1. The van der Waals surface area contributed by atoms with Gasteiger partial charge in [-0.3, -0.25) is 14.6 Å². The number of para-hydroxylation sites is 1. The minimum Gasteiger partial charge on any atom is -0.370 e. The van der Waals surface area contributed by atoms with Crippen molar-refractivity contribution < 1.29 is 14.3 Å². The van der Waals surface area contributed by atoms with Gasteiger partial charge in [-0.05, 0) is 42.0 Å². The molecular formula is C27H20BrN3O3. The molecule has 34 heavy (non-hydrogen) atoms. The van der Waals surface area contributed by atoms with Crippen molar-refractivity contribution in [1.82, 2.24) is 0 Å². The lowest BCUT2D eigenvalue weighted by Crippen LogP contribution is -2.50. The Hall–Kier alpha value is -3.29. The Morgan fingerprint density at radius 3 is 2.00 bits per heavy atom. The van der Waals surface area contributed by atoms with Gasteiger partial charge in [-0.15, -0.1) is 0 Å². The maximum Gasteiger partial charge on any atom is 0.240 e. The Morgan fingerprint density at radius 1 is 0.706 bits per heavy atom. The summed E-state index contributed by atoms with van der Waals surface area (Å²) in [5.74, 6) is -1.43. The minimum atomic E-state index is -0.501. The molecule has 168 valence electrons. The number of anilines is 2. The molecular weight excluding hydrogens is 494 g/mol. The number of halogens is 1. The fraction of sp³-hybridized carbons (Fsp3) is 0.222. The molecule has 2 bridgehead atoms. The van der Waals surface area contributed by atoms with Crippen molar-refractivity contribution in [2.75, 3.05) is 9.91 Å². The number of fused-ring (bicyclic) bond motifs is 8. The van der Waals surface area contributed by atoms with Gasteiger partial charge in [0.15, 0.2) is 0 Å². The summed E-state index contributed by atoms with van der Waals surface area (Å²) in [6, 6.07) is 27.2. The Labute approximate surface area is 204 Å². The van der Waals surface area contributed by atoms with Gasteiger partial charge in [0, 0.05) is 4.47 Å². The zero-order valence-corrected chi connectivity index (χ0v) is 19.6. The number of amides is 2. The van der Waals surface area contributed by atoms with Crippen molar-refractivity contribution in [1.29, 1.82) is 0 Å². The van der Waals surface area contributed by atoms with E-state index in [0.29, 0.717) is 5.69 Å². The van der Waals surface area contributed by atoms with Crippen molar-refractivity contribution in [2.24, 2.45) is 22.9 Å². The molecule has 0 N–H and O–H groups in total. The Morgan fingerprint density at radius 2 is 1.32 bits per heavy atom. The van der Waals surface area contributed by atoms with Crippen molar-refractivity contribution in [2.45, 2.75) is 18.2 Å². The van der Waals surface area contributed by atoms with E-state index in [0.717, 1.165) is 21.4 Å². The van der Waals surface area contributed by atoms with Crippen molar-refractivity contribution in [3.63, 3.8) is 0 Å². The highest BCUT2D eigenvalue weighted by Gasteiger charge is 2.72. The van der Waals surface area contributed by atoms with Crippen LogP contribution in [0.2, 0.25) is 0 Å². The largest absolute Gasteiger partial charge is 0.370 e. The van der Waals surface area contributed by atoms with Gasteiger partial charge < -0.3 is 4.74 Å². The molecule has 2 amide bonds. The molecule has 0 saturated carbocycles. The average molecular weight is 514 g/mol. The lowest BCUT2D eigenvalue weighted by molar-refractivity contribution is -0.125. The molecule has 3 aromatic carbocycles. The molecule has 0 spiro atoms. The van der Waals surface area contributed by atoms with Crippen molar-refractivity contribution >= 4 is 44.8 Å². The molecule has 3 saturated heterocycles. The zero-order valence-electron chi connectivity index (χ0n) is 18.0. The highest BCUT2D eigenvalue weighted by atomic mass is 79.9. The maximum absolute atomic E-state index is 13.6. The van der Waals surface area contributed by atoms with E-state index < -0.39 is 17.9 Å². The topological polar surface area (TPSA) is 62.2 Å². The standard InChI is InChI=1S/C27H20BrN3O3/c28-16-11-13-17(14-12-16)30-26(32)19-20(27(30)33)25-23-21(24(19)34-25)22(15-7-3-1-4-8-15)29-31(23)18-9-5-2-6-10-18/h1-14,19-21,23-25H/t19-,20+,21-,23+,24+,25-/m0/s1. The summed E-state index contributed by atoms with van der Waals surface area (Å²) in [4.78, 5) is 28.6. The number of hydrogen-bond donors (Lipinski definition) is 0. The van der Waals surface area contributed by atoms with E-state index in [2.05, 4.69) is 15.9 Å². The molecule has 6 atom stereocenters. The van der Waals surface area contributed by atoms with Crippen LogP contribution in [0.15, 0.2) is 94.5 Å². The van der Waals surface area contributed by atoms with Gasteiger partial charge in [0.1, 0.15) is 0 Å². The first kappa shape index (κ1) is 20.1. The second-order valence-electron chi connectivity index (χ2n) is 9.15. The van der Waals surface area contributed by atoms with Crippen LogP contribution in [0.1, 0.15) is 5.56 Å². The fourth-order valence-corrected chi connectivity index (χ4v) is 6.39. The summed E-state index contributed by atoms with van der Waals surface area (Å²) in [7, 11) is 0. The molecule has 0 unspecified atom stereocenters. The summed E-state index contributed by atoms with van der Waals surface area (Å²) in [5.41, 5.74) is 3.50. The molecule has 4 aliphatic heterocycles. The molecule has 7 heteroatoms. The lowest BCUT2D eigenvalue weighted by atomic mass is 9.70. The molecule has 0 aliphatic carbocycles. The van der Waals surface area contributed by atoms with E-state index in [-0.39, 0.29) is 29.9 Å². The highest BCUT2D eigenvalue weighted by molar-refractivity contribution is 9.10. The molecule has 4 aliphatic rings. The summed E-state index contributed by atoms with van der Waals surface area (Å²) in [6.45, 7) is 0. The highest BCUT2D eigenvalue weighted by Crippen LogP contribution is 2.56. The monoisotopic (exact) mass is 513 g/mol. The number of ether oxygens (including phenoxy) is 1. The van der Waals surface area contributed by atoms with Crippen LogP contribution in [0.5, 0.6) is 0 Å². The van der Waals surface area contributed by atoms with Crippen LogP contribution >= 0.6 is 15.9 Å². The van der Waals surface area contributed by atoms with Gasteiger partial charge >= 0.3 is 0 Å². The smallest absolute Gasteiger partial charge is 0.240 e. The van der Waals surface area contributed by atoms with Crippen LogP contribution in [-0.4, -0.2) is 35.8 Å². The summed E-state index contributed by atoms with van der Waals surface area (Å²) < 4.78 is 7.35. The SMILES string of the molecule is O=C1[C@@H]2[C@H]3O[C@@H]([C@@H]2C(=O)N1c1ccc(Br)cc1)[C@H]1[C@@H]3C(c2ccccc2)=NN1c1ccccc1. The third-order valence-electron chi connectivity index (χ3n) is 7.47. The second kappa shape index (κ2) is 7.35. The van der Waals surface area contributed by atoms with Gasteiger partial charge in [0.25, 0.3) is 0 Å². The number of carbonyl (C=O) groups is 2. The van der Waals surface area contributed by atoms with Crippen LogP contribution in [0.3, 0.4) is 0 Å². The molecule has 0 aromatic heterocycles. The Kier molecular flexibility index (Phi) is 4.35. The second-order valence-corrected chi connectivity index (χ2v) is 10.1. The van der Waals surface area contributed by atoms with E-state index in [1.54, 1.807) is 12.1 Å². The van der Waals surface area contributed by atoms with E-state index in [1.165, 1.54) is 4.90 Å². The van der Waals surface area contributed by atoms with Gasteiger partial charge in [-0.1, -0.05) is 64.5 Å². The van der Waals surface area contributed by atoms with E-state index in [4.69, 9.17) is 9.84 Å². The number of carbonyl (C=O) groups excluding carboxylic acids is 2. The first-order valence-corrected chi connectivity index (χ1v) is 12.2. The summed E-state index contributed by atoms with van der Waals surface area (Å²) in [6.07, 6.45) is -0.786. The van der Waals surface area contributed by atoms with Gasteiger partial charge in [0.05, 0.1) is 53.1 Å². The Bertz CT molecular complexity index is 1330. The predicted molar refractivity (Wildman–Crippen MR) is 131 cm³/mol. The zero-order chi connectivity index (χ0) is 23.0. The van der Waals surface area contributed by atoms with E-state index in [1.807, 2.05) is 77.8 Å². The average Bonchev–Trinajstić information content (AvgIpc) is 3.60. The molecule has 3 fully saturated rings. The maximum atomic E-state index is 13.6. The van der Waals surface area contributed by atoms with E-state index >= 15 is 0 Å². The molecule has 7 rings (SSSR count). The van der Waals surface area contributed by atoms with Crippen LogP contribution in [0.25, 0.3) is 0 Å². The van der Waals surface area contributed by atoms with Gasteiger partial charge in [-0.2, -0.15) is 5.10 Å². The van der Waals surface area contributed by atoms with Gasteiger partial charge in [-0.25, -0.2) is 4.90 Å². The number of rotatable bonds is 3. The number of nitrogens with zero attached hydrogens (tertiary/aromatic N) is 3. The summed E-state index contributed by atoms with van der Waals surface area (Å²) >= 11 is 3.43. The Balaban J connectivity index is 1.32. The van der Waals surface area contributed by atoms with Crippen molar-refractivity contribution in [3.8, 4) is 0 Å². The van der Waals surface area contributed by atoms with Crippen molar-refractivity contribution in [3.05, 3.63) is 95.0 Å². The first-order chi connectivity index (χ1) is 16.6. The molecule has 3 aromatic rings. The van der Waals surface area contributed by atoms with Crippen LogP contribution in [-0.2, 0) is 14.3 Å². The lowest BCUT2D eigenvalue weighted by Gasteiger charge is -2.32. The number of hydrogen-bond acceptors (Lipinski definition) is 5. The van der Waals surface area contributed by atoms with E-state index in [9.17, 15) is 9.59 Å². The molecule has 0 radical (unpaired) electrons. The first-order valence-electron chi connectivity index (χ1n) is 11.4. The minimum absolute atomic E-state index is 0.0875. The van der Waals surface area contributed by atoms with Gasteiger partial charge in [0.2, 0.25) is 11.8 Å². The summed E-state index contributed by atoms with van der Waals surface area (Å²) in [5, 5.41) is 7.05.